The van der Waals surface area contributed by atoms with Crippen LogP contribution in [0.15, 0.2) is 0 Å². The Hall–Kier alpha value is -0.610. The number of morpholine rings is 1. The molecule has 15 heavy (non-hydrogen) atoms. The molecule has 4 nitrogen and oxygen atoms in total. The van der Waals surface area contributed by atoms with E-state index >= 15 is 0 Å². The fraction of sp³-hybridized carbons (Fsp3) is 0.909. The molecule has 0 aromatic carbocycles. The Balaban J connectivity index is 2.22. The van der Waals surface area contributed by atoms with Crippen LogP contribution in [0.1, 0.15) is 20.8 Å². The van der Waals surface area contributed by atoms with Crippen molar-refractivity contribution in [2.75, 3.05) is 32.8 Å². The van der Waals surface area contributed by atoms with Crippen molar-refractivity contribution in [3.05, 3.63) is 0 Å². The third-order valence-electron chi connectivity index (χ3n) is 2.94. The number of hydrogen-bond donors (Lipinski definition) is 1. The first-order valence-electron chi connectivity index (χ1n) is 5.70. The first-order valence-corrected chi connectivity index (χ1v) is 5.70. The molecule has 0 aliphatic carbocycles. The molecule has 4 heteroatoms. The van der Waals surface area contributed by atoms with E-state index in [2.05, 4.69) is 26.1 Å². The van der Waals surface area contributed by atoms with Crippen molar-refractivity contribution in [3.8, 4) is 0 Å². The Labute approximate surface area is 92.0 Å². The maximum Gasteiger partial charge on any atom is 0.236 e. The normalized spacial score (nSPS) is 19.3. The van der Waals surface area contributed by atoms with Crippen molar-refractivity contribution < 1.29 is 9.53 Å². The molecule has 1 unspecified atom stereocenters. The van der Waals surface area contributed by atoms with Crippen LogP contribution in [0.4, 0.5) is 0 Å². The topological polar surface area (TPSA) is 41.6 Å². The number of amides is 1. The van der Waals surface area contributed by atoms with E-state index in [0.29, 0.717) is 31.7 Å². The molecule has 0 spiro atoms. The maximum atomic E-state index is 11.7. The zero-order chi connectivity index (χ0) is 11.3. The molecular weight excluding hydrogens is 192 g/mol. The number of nitrogens with one attached hydrogen (secondary N) is 1. The van der Waals surface area contributed by atoms with Gasteiger partial charge in [-0.05, 0) is 12.8 Å². The first-order chi connectivity index (χ1) is 7.11. The molecule has 1 heterocycles. The molecule has 1 aliphatic heterocycles. The molecule has 0 saturated carbocycles. The average Bonchev–Trinajstić information content (AvgIpc) is 2.26. The average molecular weight is 214 g/mol. The van der Waals surface area contributed by atoms with Gasteiger partial charge in [0.2, 0.25) is 5.91 Å². The van der Waals surface area contributed by atoms with E-state index in [-0.39, 0.29) is 5.91 Å². The molecule has 1 saturated heterocycles. The summed E-state index contributed by atoms with van der Waals surface area (Å²) in [7, 11) is 0. The highest BCUT2D eigenvalue weighted by Gasteiger charge is 2.17. The van der Waals surface area contributed by atoms with Gasteiger partial charge in [-0.25, -0.2) is 0 Å². The zero-order valence-electron chi connectivity index (χ0n) is 9.95. The van der Waals surface area contributed by atoms with E-state index in [9.17, 15) is 4.79 Å². The van der Waals surface area contributed by atoms with Crippen LogP contribution in [0.2, 0.25) is 0 Å². The second-order valence-electron chi connectivity index (χ2n) is 4.41. The third-order valence-corrected chi connectivity index (χ3v) is 2.94. The summed E-state index contributed by atoms with van der Waals surface area (Å²) in [5.41, 5.74) is 0. The summed E-state index contributed by atoms with van der Waals surface area (Å²) in [5.74, 6) is 0.744. The molecule has 1 rings (SSSR count). The van der Waals surface area contributed by atoms with E-state index in [0.717, 1.165) is 13.1 Å². The van der Waals surface area contributed by atoms with Gasteiger partial charge in [0.15, 0.2) is 0 Å². The third kappa shape index (κ3) is 4.18. The number of ether oxygens (including phenoxy) is 1. The highest BCUT2D eigenvalue weighted by molar-refractivity contribution is 5.78. The van der Waals surface area contributed by atoms with Crippen LogP contribution in [0.3, 0.4) is 0 Å². The predicted octanol–water partition coefficient (Wildman–Crippen LogP) is 0.479. The van der Waals surface area contributed by atoms with Crippen molar-refractivity contribution in [1.29, 1.82) is 0 Å². The van der Waals surface area contributed by atoms with Crippen molar-refractivity contribution in [2.24, 2.45) is 5.92 Å². The van der Waals surface area contributed by atoms with Gasteiger partial charge in [0, 0.05) is 19.1 Å². The number of nitrogens with zero attached hydrogens (tertiary/aromatic N) is 1. The Morgan fingerprint density at radius 3 is 2.47 bits per heavy atom. The van der Waals surface area contributed by atoms with Crippen molar-refractivity contribution in [1.82, 2.24) is 10.2 Å². The summed E-state index contributed by atoms with van der Waals surface area (Å²) < 4.78 is 5.20. The standard InChI is InChI=1S/C11H22N2O2/c1-9(2)10(3)12-8-11(14)13-4-6-15-7-5-13/h9-10,12H,4-8H2,1-3H3. The molecule has 0 aromatic heterocycles. The minimum atomic E-state index is 0.186. The van der Waals surface area contributed by atoms with Gasteiger partial charge in [0.25, 0.3) is 0 Å². The second-order valence-corrected chi connectivity index (χ2v) is 4.41. The Morgan fingerprint density at radius 2 is 1.93 bits per heavy atom. The van der Waals surface area contributed by atoms with E-state index in [1.807, 2.05) is 4.90 Å². The Bertz CT molecular complexity index is 201. The zero-order valence-corrected chi connectivity index (χ0v) is 9.95. The lowest BCUT2D eigenvalue weighted by Gasteiger charge is -2.28. The lowest BCUT2D eigenvalue weighted by Crippen LogP contribution is -2.46. The Kier molecular flexibility index (Phi) is 5.05. The SMILES string of the molecule is CC(C)C(C)NCC(=O)N1CCOCC1. The molecule has 1 N–H and O–H groups in total. The summed E-state index contributed by atoms with van der Waals surface area (Å²) in [5, 5.41) is 3.25. The molecule has 0 radical (unpaired) electrons. The van der Waals surface area contributed by atoms with E-state index in [4.69, 9.17) is 4.74 Å². The largest absolute Gasteiger partial charge is 0.378 e. The number of hydrogen-bond acceptors (Lipinski definition) is 3. The van der Waals surface area contributed by atoms with Gasteiger partial charge in [0.05, 0.1) is 19.8 Å². The lowest BCUT2D eigenvalue weighted by molar-refractivity contribution is -0.134. The molecule has 1 aliphatic rings. The van der Waals surface area contributed by atoms with Crippen LogP contribution < -0.4 is 5.32 Å². The maximum absolute atomic E-state index is 11.7. The lowest BCUT2D eigenvalue weighted by atomic mass is 10.1. The highest BCUT2D eigenvalue weighted by atomic mass is 16.5. The van der Waals surface area contributed by atoms with Crippen LogP contribution >= 0.6 is 0 Å². The van der Waals surface area contributed by atoms with Gasteiger partial charge < -0.3 is 15.0 Å². The second kappa shape index (κ2) is 6.08. The molecule has 0 bridgehead atoms. The van der Waals surface area contributed by atoms with Gasteiger partial charge in [-0.15, -0.1) is 0 Å². The van der Waals surface area contributed by atoms with Crippen LogP contribution in [0, 0.1) is 5.92 Å². The van der Waals surface area contributed by atoms with Crippen LogP contribution in [-0.2, 0) is 9.53 Å². The van der Waals surface area contributed by atoms with Crippen LogP contribution in [0.25, 0.3) is 0 Å². The highest BCUT2D eigenvalue weighted by Crippen LogP contribution is 2.00. The van der Waals surface area contributed by atoms with Crippen LogP contribution in [0.5, 0.6) is 0 Å². The van der Waals surface area contributed by atoms with E-state index in [1.54, 1.807) is 0 Å². The van der Waals surface area contributed by atoms with E-state index in [1.165, 1.54) is 0 Å². The minimum absolute atomic E-state index is 0.186. The van der Waals surface area contributed by atoms with Crippen LogP contribution in [-0.4, -0.2) is 49.7 Å². The predicted molar refractivity (Wildman–Crippen MR) is 59.7 cm³/mol. The van der Waals surface area contributed by atoms with Crippen molar-refractivity contribution in [2.45, 2.75) is 26.8 Å². The van der Waals surface area contributed by atoms with Gasteiger partial charge in [-0.2, -0.15) is 0 Å². The summed E-state index contributed by atoms with van der Waals surface area (Å²) in [6.07, 6.45) is 0. The smallest absolute Gasteiger partial charge is 0.236 e. The fourth-order valence-electron chi connectivity index (χ4n) is 1.41. The van der Waals surface area contributed by atoms with Gasteiger partial charge in [0.1, 0.15) is 0 Å². The van der Waals surface area contributed by atoms with Gasteiger partial charge in [-0.3, -0.25) is 4.79 Å². The quantitative estimate of drug-likeness (QED) is 0.740. The van der Waals surface area contributed by atoms with Gasteiger partial charge in [-0.1, -0.05) is 13.8 Å². The van der Waals surface area contributed by atoms with Crippen molar-refractivity contribution in [3.63, 3.8) is 0 Å². The molecule has 0 aromatic rings. The molecular formula is C11H22N2O2. The minimum Gasteiger partial charge on any atom is -0.378 e. The summed E-state index contributed by atoms with van der Waals surface area (Å²) in [6.45, 7) is 9.66. The number of rotatable bonds is 4. The molecule has 1 atom stereocenters. The van der Waals surface area contributed by atoms with Crippen molar-refractivity contribution >= 4 is 5.91 Å². The number of carbonyl (C=O) groups excluding carboxylic acids is 1. The molecule has 88 valence electrons. The Morgan fingerprint density at radius 1 is 1.33 bits per heavy atom. The number of carbonyl (C=O) groups is 1. The summed E-state index contributed by atoms with van der Waals surface area (Å²) in [4.78, 5) is 13.6. The first kappa shape index (κ1) is 12.5. The monoisotopic (exact) mass is 214 g/mol. The molecule has 1 amide bonds. The van der Waals surface area contributed by atoms with E-state index < -0.39 is 0 Å². The fourth-order valence-corrected chi connectivity index (χ4v) is 1.41. The summed E-state index contributed by atoms with van der Waals surface area (Å²) in [6, 6.07) is 0.384. The summed E-state index contributed by atoms with van der Waals surface area (Å²) >= 11 is 0. The molecule has 1 fully saturated rings. The van der Waals surface area contributed by atoms with Gasteiger partial charge >= 0.3 is 0 Å².